The van der Waals surface area contributed by atoms with Crippen LogP contribution in [0.2, 0.25) is 0 Å². The molecule has 96 valence electrons. The number of aryl methyl sites for hydroxylation is 1. The molecule has 0 spiro atoms. The molecule has 1 heterocycles. The Labute approximate surface area is 112 Å². The molecule has 0 bridgehead atoms. The van der Waals surface area contributed by atoms with Crippen LogP contribution in [0.1, 0.15) is 35.3 Å². The maximum atomic E-state index is 9.41. The van der Waals surface area contributed by atoms with Gasteiger partial charge in [0, 0.05) is 9.75 Å². The van der Waals surface area contributed by atoms with Gasteiger partial charge in [-0.15, -0.1) is 11.3 Å². The minimum absolute atomic E-state index is 0.427. The first-order chi connectivity index (χ1) is 8.69. The highest BCUT2D eigenvalue weighted by molar-refractivity contribution is 7.11. The molecule has 1 atom stereocenters. The number of hydrogen-bond acceptors (Lipinski definition) is 3. The van der Waals surface area contributed by atoms with E-state index in [1.807, 2.05) is 24.3 Å². The Morgan fingerprint density at radius 3 is 2.33 bits per heavy atom. The summed E-state index contributed by atoms with van der Waals surface area (Å²) in [7, 11) is 0. The van der Waals surface area contributed by atoms with Crippen molar-refractivity contribution < 1.29 is 9.84 Å². The first-order valence-electron chi connectivity index (χ1n) is 6.17. The average molecular weight is 262 g/mol. The number of benzene rings is 1. The number of hydrogen-bond donors (Lipinski definition) is 1. The lowest BCUT2D eigenvalue weighted by Gasteiger charge is -2.07. The van der Waals surface area contributed by atoms with Crippen LogP contribution >= 0.6 is 11.3 Å². The second-order valence-corrected chi connectivity index (χ2v) is 5.51. The predicted octanol–water partition coefficient (Wildman–Crippen LogP) is 3.94. The van der Waals surface area contributed by atoms with Gasteiger partial charge in [0.15, 0.2) is 0 Å². The molecule has 2 rings (SSSR count). The summed E-state index contributed by atoms with van der Waals surface area (Å²) in [5.41, 5.74) is 0.909. The summed E-state index contributed by atoms with van der Waals surface area (Å²) < 4.78 is 5.71. The fourth-order valence-corrected chi connectivity index (χ4v) is 2.56. The first kappa shape index (κ1) is 13.1. The highest BCUT2D eigenvalue weighted by Gasteiger charge is 2.02. The normalized spacial score (nSPS) is 12.4. The van der Waals surface area contributed by atoms with E-state index in [0.29, 0.717) is 6.61 Å². The average Bonchev–Trinajstić information content (AvgIpc) is 2.85. The van der Waals surface area contributed by atoms with Crippen LogP contribution in [-0.2, 0) is 13.0 Å². The minimum Gasteiger partial charge on any atom is -0.488 e. The highest BCUT2D eigenvalue weighted by atomic mass is 32.1. The molecule has 1 aromatic heterocycles. The zero-order chi connectivity index (χ0) is 13.0. The zero-order valence-corrected chi connectivity index (χ0v) is 11.5. The molecule has 0 radical (unpaired) electrons. The quantitative estimate of drug-likeness (QED) is 0.884. The van der Waals surface area contributed by atoms with Crippen LogP contribution in [0.15, 0.2) is 36.4 Å². The minimum atomic E-state index is -0.427. The van der Waals surface area contributed by atoms with Gasteiger partial charge in [-0.25, -0.2) is 0 Å². The third kappa shape index (κ3) is 3.34. The Bertz CT molecular complexity index is 485. The molecule has 0 saturated carbocycles. The van der Waals surface area contributed by atoms with E-state index in [2.05, 4.69) is 19.1 Å². The highest BCUT2D eigenvalue weighted by Crippen LogP contribution is 2.21. The van der Waals surface area contributed by atoms with E-state index in [-0.39, 0.29) is 0 Å². The molecule has 0 aliphatic heterocycles. The Morgan fingerprint density at radius 2 is 1.78 bits per heavy atom. The van der Waals surface area contributed by atoms with E-state index < -0.39 is 6.10 Å². The van der Waals surface area contributed by atoms with Crippen molar-refractivity contribution in [2.75, 3.05) is 0 Å². The van der Waals surface area contributed by atoms with Gasteiger partial charge in [0.05, 0.1) is 6.10 Å². The van der Waals surface area contributed by atoms with Crippen LogP contribution in [0, 0.1) is 0 Å². The van der Waals surface area contributed by atoms with Gasteiger partial charge in [0.1, 0.15) is 12.4 Å². The molecule has 0 amide bonds. The molecule has 0 fully saturated rings. The first-order valence-corrected chi connectivity index (χ1v) is 6.99. The molecule has 0 saturated heterocycles. The smallest absolute Gasteiger partial charge is 0.122 e. The van der Waals surface area contributed by atoms with Gasteiger partial charge in [-0.3, -0.25) is 0 Å². The van der Waals surface area contributed by atoms with Crippen molar-refractivity contribution >= 4 is 11.3 Å². The summed E-state index contributed by atoms with van der Waals surface area (Å²) in [5.74, 6) is 0.839. The number of aliphatic hydroxyl groups is 1. The maximum Gasteiger partial charge on any atom is 0.122 e. The molecule has 18 heavy (non-hydrogen) atoms. The Morgan fingerprint density at radius 1 is 1.11 bits per heavy atom. The second kappa shape index (κ2) is 6.03. The van der Waals surface area contributed by atoms with E-state index in [4.69, 9.17) is 4.74 Å². The largest absolute Gasteiger partial charge is 0.488 e. The van der Waals surface area contributed by atoms with Crippen LogP contribution in [0.25, 0.3) is 0 Å². The Balaban J connectivity index is 1.93. The third-order valence-electron chi connectivity index (χ3n) is 2.81. The summed E-state index contributed by atoms with van der Waals surface area (Å²) in [5, 5.41) is 9.41. The molecule has 0 aliphatic rings. The summed E-state index contributed by atoms with van der Waals surface area (Å²) in [6.45, 7) is 4.53. The van der Waals surface area contributed by atoms with Gasteiger partial charge >= 0.3 is 0 Å². The fraction of sp³-hybridized carbons (Fsp3) is 0.333. The van der Waals surface area contributed by atoms with Crippen molar-refractivity contribution in [1.29, 1.82) is 0 Å². The standard InChI is InChI=1S/C15H18O2S/c1-3-14-8-9-15(18-14)10-17-13-6-4-12(5-7-13)11(2)16/h4-9,11,16H,3,10H2,1-2H3/t11-/m1/s1. The van der Waals surface area contributed by atoms with Crippen LogP contribution < -0.4 is 4.74 Å². The van der Waals surface area contributed by atoms with E-state index >= 15 is 0 Å². The van der Waals surface area contributed by atoms with Crippen molar-refractivity contribution in [1.82, 2.24) is 0 Å². The van der Waals surface area contributed by atoms with Gasteiger partial charge in [0.25, 0.3) is 0 Å². The van der Waals surface area contributed by atoms with Crippen molar-refractivity contribution in [3.05, 3.63) is 51.7 Å². The van der Waals surface area contributed by atoms with Crippen molar-refractivity contribution in [3.63, 3.8) is 0 Å². The van der Waals surface area contributed by atoms with E-state index in [1.54, 1.807) is 18.3 Å². The maximum absolute atomic E-state index is 9.41. The molecular weight excluding hydrogens is 244 g/mol. The molecule has 1 aromatic carbocycles. The van der Waals surface area contributed by atoms with Gasteiger partial charge in [-0.1, -0.05) is 19.1 Å². The van der Waals surface area contributed by atoms with Gasteiger partial charge in [0.2, 0.25) is 0 Å². The molecule has 3 heteroatoms. The summed E-state index contributed by atoms with van der Waals surface area (Å²) in [6.07, 6.45) is 0.650. The van der Waals surface area contributed by atoms with E-state index in [0.717, 1.165) is 17.7 Å². The molecule has 0 unspecified atom stereocenters. The summed E-state index contributed by atoms with van der Waals surface area (Å²) >= 11 is 1.80. The number of thiophene rings is 1. The number of rotatable bonds is 5. The molecule has 2 nitrogen and oxygen atoms in total. The Kier molecular flexibility index (Phi) is 4.39. The van der Waals surface area contributed by atoms with E-state index in [9.17, 15) is 5.11 Å². The van der Waals surface area contributed by atoms with E-state index in [1.165, 1.54) is 9.75 Å². The van der Waals surface area contributed by atoms with Crippen LogP contribution in [-0.4, -0.2) is 5.11 Å². The van der Waals surface area contributed by atoms with Crippen LogP contribution in [0.3, 0.4) is 0 Å². The third-order valence-corrected chi connectivity index (χ3v) is 4.01. The van der Waals surface area contributed by atoms with Crippen molar-refractivity contribution in [3.8, 4) is 5.75 Å². The predicted molar refractivity (Wildman–Crippen MR) is 75.1 cm³/mol. The summed E-state index contributed by atoms with van der Waals surface area (Å²) in [4.78, 5) is 2.63. The Hall–Kier alpha value is -1.32. The van der Waals surface area contributed by atoms with Crippen molar-refractivity contribution in [2.24, 2.45) is 0 Å². The molecule has 1 N–H and O–H groups in total. The van der Waals surface area contributed by atoms with Gasteiger partial charge in [-0.2, -0.15) is 0 Å². The fourth-order valence-electron chi connectivity index (χ4n) is 1.69. The SMILES string of the molecule is CCc1ccc(COc2ccc([C@@H](C)O)cc2)s1. The summed E-state index contributed by atoms with van der Waals surface area (Å²) in [6, 6.07) is 11.9. The zero-order valence-electron chi connectivity index (χ0n) is 10.7. The van der Waals surface area contributed by atoms with Crippen LogP contribution in [0.5, 0.6) is 5.75 Å². The molecular formula is C15H18O2S. The molecule has 2 aromatic rings. The van der Waals surface area contributed by atoms with Crippen LogP contribution in [0.4, 0.5) is 0 Å². The lowest BCUT2D eigenvalue weighted by atomic mass is 10.1. The second-order valence-electron chi connectivity index (χ2n) is 4.26. The van der Waals surface area contributed by atoms with Gasteiger partial charge in [-0.05, 0) is 43.2 Å². The number of ether oxygens (including phenoxy) is 1. The lowest BCUT2D eigenvalue weighted by molar-refractivity contribution is 0.199. The monoisotopic (exact) mass is 262 g/mol. The van der Waals surface area contributed by atoms with Crippen molar-refractivity contribution in [2.45, 2.75) is 33.0 Å². The lowest BCUT2D eigenvalue weighted by Crippen LogP contribution is -1.94. The molecule has 0 aliphatic carbocycles. The van der Waals surface area contributed by atoms with Gasteiger partial charge < -0.3 is 9.84 Å². The number of aliphatic hydroxyl groups excluding tert-OH is 1. The topological polar surface area (TPSA) is 29.5 Å².